The standard InChI is InChI=1S/C16H22N2OS.ClH/c1-12-4-5-13-3-2-7-18(15(13)9-12)16(19)10-14-11-20-8-6-17-14;/h4-5,9,14,17H,2-3,6-8,10-11H2,1H3;1H. The zero-order chi connectivity index (χ0) is 13.9. The number of amides is 1. The maximum absolute atomic E-state index is 12.6. The summed E-state index contributed by atoms with van der Waals surface area (Å²) in [6.45, 7) is 3.99. The molecule has 1 aromatic rings. The molecule has 21 heavy (non-hydrogen) atoms. The first-order chi connectivity index (χ1) is 9.74. The first-order valence-corrected chi connectivity index (χ1v) is 8.60. The molecule has 3 rings (SSSR count). The van der Waals surface area contributed by atoms with Gasteiger partial charge >= 0.3 is 0 Å². The molecule has 116 valence electrons. The van der Waals surface area contributed by atoms with Crippen LogP contribution in [0.2, 0.25) is 0 Å². The fourth-order valence-electron chi connectivity index (χ4n) is 3.02. The maximum atomic E-state index is 12.6. The predicted molar refractivity (Wildman–Crippen MR) is 92.8 cm³/mol. The molecule has 3 nitrogen and oxygen atoms in total. The molecule has 1 atom stereocenters. The molecule has 2 aliphatic heterocycles. The van der Waals surface area contributed by atoms with Crippen molar-refractivity contribution in [2.75, 3.05) is 29.5 Å². The lowest BCUT2D eigenvalue weighted by Gasteiger charge is -2.32. The highest BCUT2D eigenvalue weighted by Gasteiger charge is 2.25. The third kappa shape index (κ3) is 3.93. The van der Waals surface area contributed by atoms with Gasteiger partial charge in [-0.1, -0.05) is 12.1 Å². The number of hydrogen-bond donors (Lipinski definition) is 1. The summed E-state index contributed by atoms with van der Waals surface area (Å²) in [6.07, 6.45) is 2.80. The van der Waals surface area contributed by atoms with E-state index < -0.39 is 0 Å². The first-order valence-electron chi connectivity index (χ1n) is 7.45. The number of fused-ring (bicyclic) bond motifs is 1. The number of carbonyl (C=O) groups excluding carboxylic acids is 1. The minimum Gasteiger partial charge on any atom is -0.312 e. The van der Waals surface area contributed by atoms with Gasteiger partial charge in [-0.3, -0.25) is 4.79 Å². The lowest BCUT2D eigenvalue weighted by molar-refractivity contribution is -0.119. The number of nitrogens with one attached hydrogen (secondary N) is 1. The van der Waals surface area contributed by atoms with Crippen LogP contribution in [-0.4, -0.2) is 36.5 Å². The van der Waals surface area contributed by atoms with Crippen LogP contribution in [0.4, 0.5) is 5.69 Å². The van der Waals surface area contributed by atoms with Crippen molar-refractivity contribution in [3.63, 3.8) is 0 Å². The van der Waals surface area contributed by atoms with Crippen LogP contribution in [0.25, 0.3) is 0 Å². The Kier molecular flexibility index (Phi) is 5.97. The monoisotopic (exact) mass is 326 g/mol. The van der Waals surface area contributed by atoms with E-state index in [-0.39, 0.29) is 18.3 Å². The second-order valence-corrected chi connectivity index (χ2v) is 6.86. The van der Waals surface area contributed by atoms with E-state index in [0.717, 1.165) is 43.1 Å². The number of thioether (sulfide) groups is 1. The van der Waals surface area contributed by atoms with Gasteiger partial charge in [-0.15, -0.1) is 12.4 Å². The fourth-order valence-corrected chi connectivity index (χ4v) is 3.96. The molecule has 0 saturated carbocycles. The van der Waals surface area contributed by atoms with Gasteiger partial charge in [-0.2, -0.15) is 11.8 Å². The Balaban J connectivity index is 0.00000161. The molecular weight excluding hydrogens is 304 g/mol. The number of carbonyl (C=O) groups is 1. The lowest BCUT2D eigenvalue weighted by atomic mass is 9.99. The summed E-state index contributed by atoms with van der Waals surface area (Å²) in [5.74, 6) is 2.49. The topological polar surface area (TPSA) is 32.3 Å². The number of aryl methyl sites for hydroxylation is 2. The number of halogens is 1. The number of anilines is 1. The molecule has 0 bridgehead atoms. The van der Waals surface area contributed by atoms with E-state index in [1.807, 2.05) is 16.7 Å². The van der Waals surface area contributed by atoms with E-state index in [1.54, 1.807) is 0 Å². The zero-order valence-electron chi connectivity index (χ0n) is 12.4. The van der Waals surface area contributed by atoms with Crippen molar-refractivity contribution < 1.29 is 4.79 Å². The van der Waals surface area contributed by atoms with E-state index in [0.29, 0.717) is 12.5 Å². The van der Waals surface area contributed by atoms with E-state index in [1.165, 1.54) is 11.1 Å². The minimum absolute atomic E-state index is 0. The minimum atomic E-state index is 0. The molecule has 1 N–H and O–H groups in total. The highest BCUT2D eigenvalue weighted by Crippen LogP contribution is 2.29. The number of benzene rings is 1. The summed E-state index contributed by atoms with van der Waals surface area (Å²) < 4.78 is 0. The van der Waals surface area contributed by atoms with Gasteiger partial charge in [0.1, 0.15) is 0 Å². The zero-order valence-corrected chi connectivity index (χ0v) is 14.1. The second-order valence-electron chi connectivity index (χ2n) is 5.71. The second kappa shape index (κ2) is 7.52. The molecule has 0 radical (unpaired) electrons. The van der Waals surface area contributed by atoms with Crippen LogP contribution >= 0.6 is 24.2 Å². The third-order valence-corrected chi connectivity index (χ3v) is 5.21. The van der Waals surface area contributed by atoms with Crippen LogP contribution in [0.3, 0.4) is 0 Å². The number of hydrogen-bond acceptors (Lipinski definition) is 3. The van der Waals surface area contributed by atoms with Crippen molar-refractivity contribution in [2.45, 2.75) is 32.2 Å². The quantitative estimate of drug-likeness (QED) is 0.907. The highest BCUT2D eigenvalue weighted by molar-refractivity contribution is 7.99. The Labute approximate surface area is 137 Å². The molecule has 1 saturated heterocycles. The number of rotatable bonds is 2. The molecule has 1 unspecified atom stereocenters. The highest BCUT2D eigenvalue weighted by atomic mass is 35.5. The van der Waals surface area contributed by atoms with Crippen LogP contribution < -0.4 is 10.2 Å². The van der Waals surface area contributed by atoms with Crippen LogP contribution in [0, 0.1) is 6.92 Å². The van der Waals surface area contributed by atoms with Crippen molar-refractivity contribution in [3.05, 3.63) is 29.3 Å². The predicted octanol–water partition coefficient (Wildman–Crippen LogP) is 2.79. The van der Waals surface area contributed by atoms with E-state index in [2.05, 4.69) is 30.4 Å². The smallest absolute Gasteiger partial charge is 0.228 e. The summed E-state index contributed by atoms with van der Waals surface area (Å²) in [7, 11) is 0. The van der Waals surface area contributed by atoms with Crippen molar-refractivity contribution in [1.29, 1.82) is 0 Å². The lowest BCUT2D eigenvalue weighted by Crippen LogP contribution is -2.44. The molecule has 2 heterocycles. The molecule has 1 fully saturated rings. The molecule has 0 spiro atoms. The summed E-state index contributed by atoms with van der Waals surface area (Å²) in [5.41, 5.74) is 3.70. The third-order valence-electron chi connectivity index (χ3n) is 4.08. The Hall–Kier alpha value is -0.710. The molecule has 1 aromatic carbocycles. The molecule has 5 heteroatoms. The first kappa shape index (κ1) is 16.7. The van der Waals surface area contributed by atoms with Crippen molar-refractivity contribution in [3.8, 4) is 0 Å². The summed E-state index contributed by atoms with van der Waals surface area (Å²) in [4.78, 5) is 14.6. The molecular formula is C16H23ClN2OS. The van der Waals surface area contributed by atoms with Gasteiger partial charge in [0.05, 0.1) is 0 Å². The largest absolute Gasteiger partial charge is 0.312 e. The van der Waals surface area contributed by atoms with E-state index >= 15 is 0 Å². The van der Waals surface area contributed by atoms with Gasteiger partial charge in [0.25, 0.3) is 0 Å². The van der Waals surface area contributed by atoms with Crippen LogP contribution in [0.5, 0.6) is 0 Å². The molecule has 0 aromatic heterocycles. The van der Waals surface area contributed by atoms with Gasteiger partial charge in [-0.25, -0.2) is 0 Å². The Bertz CT molecular complexity index is 503. The fraction of sp³-hybridized carbons (Fsp3) is 0.562. The number of nitrogens with zero attached hydrogens (tertiary/aromatic N) is 1. The van der Waals surface area contributed by atoms with Gasteiger partial charge in [0, 0.05) is 42.7 Å². The van der Waals surface area contributed by atoms with Crippen molar-refractivity contribution >= 4 is 35.8 Å². The van der Waals surface area contributed by atoms with Gasteiger partial charge < -0.3 is 10.2 Å². The van der Waals surface area contributed by atoms with Gasteiger partial charge in [0.2, 0.25) is 5.91 Å². The Morgan fingerprint density at radius 2 is 2.33 bits per heavy atom. The average molecular weight is 327 g/mol. The summed E-state index contributed by atoms with van der Waals surface area (Å²) in [5, 5.41) is 3.46. The molecule has 2 aliphatic rings. The van der Waals surface area contributed by atoms with Crippen molar-refractivity contribution in [1.82, 2.24) is 5.32 Å². The van der Waals surface area contributed by atoms with Crippen LogP contribution in [0.15, 0.2) is 18.2 Å². The Morgan fingerprint density at radius 3 is 3.10 bits per heavy atom. The SMILES string of the molecule is Cc1ccc2c(c1)N(C(=O)CC1CSCCN1)CCC2.Cl. The van der Waals surface area contributed by atoms with Crippen LogP contribution in [-0.2, 0) is 11.2 Å². The maximum Gasteiger partial charge on any atom is 0.228 e. The average Bonchev–Trinajstić information content (AvgIpc) is 2.47. The van der Waals surface area contributed by atoms with Crippen molar-refractivity contribution in [2.24, 2.45) is 0 Å². The Morgan fingerprint density at radius 1 is 1.48 bits per heavy atom. The van der Waals surface area contributed by atoms with Gasteiger partial charge in [0.15, 0.2) is 0 Å². The normalized spacial score (nSPS) is 21.4. The van der Waals surface area contributed by atoms with E-state index in [9.17, 15) is 4.79 Å². The van der Waals surface area contributed by atoms with Gasteiger partial charge in [-0.05, 0) is 37.0 Å². The summed E-state index contributed by atoms with van der Waals surface area (Å²) >= 11 is 1.95. The van der Waals surface area contributed by atoms with E-state index in [4.69, 9.17) is 0 Å². The molecule has 1 amide bonds. The van der Waals surface area contributed by atoms with Crippen LogP contribution in [0.1, 0.15) is 24.0 Å². The molecule has 0 aliphatic carbocycles. The summed E-state index contributed by atoms with van der Waals surface area (Å²) in [6, 6.07) is 6.83.